The number of anilines is 2. The number of nitrogens with one attached hydrogen (secondary N) is 1. The van der Waals surface area contributed by atoms with Gasteiger partial charge in [0, 0.05) is 12.2 Å². The first-order chi connectivity index (χ1) is 13.1. The number of likely N-dealkylation sites (N-methyl/N-ethyl adjacent to an activating group) is 1. The summed E-state index contributed by atoms with van der Waals surface area (Å²) in [5, 5.41) is 2.28. The van der Waals surface area contributed by atoms with E-state index in [1.807, 2.05) is 0 Å². The molecule has 1 atom stereocenters. The van der Waals surface area contributed by atoms with Gasteiger partial charge in [-0.1, -0.05) is 6.92 Å². The highest BCUT2D eigenvalue weighted by molar-refractivity contribution is 6.09. The lowest BCUT2D eigenvalue weighted by molar-refractivity contribution is -0.137. The minimum atomic E-state index is -4.77. The predicted octanol–water partition coefficient (Wildman–Crippen LogP) is 0.813. The SMILES string of the molecule is CCN(C)[C@@H](C(N)=O)C(=O)Nc1ccc(N2CCOCC2=O)c(C(F)(F)F)c1. The van der Waals surface area contributed by atoms with Gasteiger partial charge in [-0.3, -0.25) is 19.3 Å². The topological polar surface area (TPSA) is 105 Å². The molecular weight excluding hydrogens is 381 g/mol. The van der Waals surface area contributed by atoms with Gasteiger partial charge in [-0.15, -0.1) is 0 Å². The highest BCUT2D eigenvalue weighted by Gasteiger charge is 2.37. The number of morpholine rings is 1. The van der Waals surface area contributed by atoms with E-state index in [0.717, 1.165) is 17.0 Å². The number of primary amides is 1. The predicted molar refractivity (Wildman–Crippen MR) is 94.5 cm³/mol. The van der Waals surface area contributed by atoms with Gasteiger partial charge < -0.3 is 20.7 Å². The Bertz CT molecular complexity index is 769. The number of rotatable bonds is 6. The third-order valence-electron chi connectivity index (χ3n) is 4.30. The highest BCUT2D eigenvalue weighted by Crippen LogP contribution is 2.38. The minimum absolute atomic E-state index is 0.0152. The number of amides is 3. The fourth-order valence-corrected chi connectivity index (χ4v) is 2.79. The molecule has 0 aromatic heterocycles. The van der Waals surface area contributed by atoms with Crippen LogP contribution in [0, 0.1) is 0 Å². The van der Waals surface area contributed by atoms with E-state index in [9.17, 15) is 27.6 Å². The van der Waals surface area contributed by atoms with E-state index in [1.54, 1.807) is 6.92 Å². The van der Waals surface area contributed by atoms with Gasteiger partial charge in [0.15, 0.2) is 6.04 Å². The van der Waals surface area contributed by atoms with Crippen molar-refractivity contribution in [3.05, 3.63) is 23.8 Å². The molecule has 1 aromatic rings. The number of carbonyl (C=O) groups is 3. The van der Waals surface area contributed by atoms with Crippen molar-refractivity contribution in [2.75, 3.05) is 43.6 Å². The molecule has 0 unspecified atom stereocenters. The standard InChI is InChI=1S/C17H21F3N4O4/c1-3-23(2)14(15(21)26)16(27)22-10-4-5-12(11(8-10)17(18,19)20)24-6-7-28-9-13(24)25/h4-5,8,14H,3,6-7,9H2,1-2H3,(H2,21,26)(H,22,27)/t14-/m0/s1. The van der Waals surface area contributed by atoms with Crippen LogP contribution in [0.25, 0.3) is 0 Å². The van der Waals surface area contributed by atoms with Crippen molar-refractivity contribution in [2.45, 2.75) is 19.1 Å². The number of hydrogen-bond donors (Lipinski definition) is 2. The summed E-state index contributed by atoms with van der Waals surface area (Å²) in [7, 11) is 1.49. The molecular formula is C17H21F3N4O4. The van der Waals surface area contributed by atoms with E-state index in [0.29, 0.717) is 6.54 Å². The molecule has 28 heavy (non-hydrogen) atoms. The zero-order valence-corrected chi connectivity index (χ0v) is 15.4. The molecule has 3 amide bonds. The van der Waals surface area contributed by atoms with E-state index in [4.69, 9.17) is 10.5 Å². The molecule has 1 aliphatic heterocycles. The van der Waals surface area contributed by atoms with Gasteiger partial charge in [0.05, 0.1) is 17.9 Å². The first-order valence-corrected chi connectivity index (χ1v) is 8.46. The van der Waals surface area contributed by atoms with Crippen molar-refractivity contribution >= 4 is 29.1 Å². The summed E-state index contributed by atoms with van der Waals surface area (Å²) in [4.78, 5) is 38.2. The summed E-state index contributed by atoms with van der Waals surface area (Å²) in [6.45, 7) is 1.81. The van der Waals surface area contributed by atoms with Gasteiger partial charge in [0.25, 0.3) is 11.8 Å². The molecule has 0 spiro atoms. The summed E-state index contributed by atoms with van der Waals surface area (Å²) in [6, 6.07) is 1.72. The smallest absolute Gasteiger partial charge is 0.370 e. The monoisotopic (exact) mass is 402 g/mol. The molecule has 8 nitrogen and oxygen atoms in total. The fourth-order valence-electron chi connectivity index (χ4n) is 2.79. The van der Waals surface area contributed by atoms with Crippen molar-refractivity contribution in [3.8, 4) is 0 Å². The first kappa shape index (κ1) is 21.6. The van der Waals surface area contributed by atoms with Crippen molar-refractivity contribution in [2.24, 2.45) is 5.73 Å². The summed E-state index contributed by atoms with van der Waals surface area (Å²) < 4.78 is 45.6. The molecule has 2 rings (SSSR count). The number of nitrogens with zero attached hydrogens (tertiary/aromatic N) is 2. The third kappa shape index (κ3) is 4.78. The van der Waals surface area contributed by atoms with Crippen LogP contribution in [0.15, 0.2) is 18.2 Å². The van der Waals surface area contributed by atoms with Crippen LogP contribution in [0.1, 0.15) is 12.5 Å². The van der Waals surface area contributed by atoms with Crippen LogP contribution < -0.4 is 16.0 Å². The molecule has 0 saturated carbocycles. The van der Waals surface area contributed by atoms with Gasteiger partial charge in [0.2, 0.25) is 5.91 Å². The van der Waals surface area contributed by atoms with Gasteiger partial charge in [0.1, 0.15) is 6.61 Å². The van der Waals surface area contributed by atoms with Crippen LogP contribution >= 0.6 is 0 Å². The van der Waals surface area contributed by atoms with E-state index >= 15 is 0 Å². The minimum Gasteiger partial charge on any atom is -0.370 e. The lowest BCUT2D eigenvalue weighted by Gasteiger charge is -2.29. The number of benzene rings is 1. The maximum atomic E-state index is 13.6. The molecule has 11 heteroatoms. The van der Waals surface area contributed by atoms with Crippen molar-refractivity contribution in [1.29, 1.82) is 0 Å². The quantitative estimate of drug-likeness (QED) is 0.686. The van der Waals surface area contributed by atoms with Crippen LogP contribution in [-0.2, 0) is 25.3 Å². The third-order valence-corrected chi connectivity index (χ3v) is 4.30. The Morgan fingerprint density at radius 1 is 1.39 bits per heavy atom. The van der Waals surface area contributed by atoms with E-state index in [2.05, 4.69) is 5.32 Å². The van der Waals surface area contributed by atoms with Crippen LogP contribution in [-0.4, -0.2) is 62.0 Å². The summed E-state index contributed by atoms with van der Waals surface area (Å²) >= 11 is 0. The molecule has 1 heterocycles. The fraction of sp³-hybridized carbons (Fsp3) is 0.471. The number of ether oxygens (including phenoxy) is 1. The second-order valence-electron chi connectivity index (χ2n) is 6.20. The average molecular weight is 402 g/mol. The van der Waals surface area contributed by atoms with E-state index < -0.39 is 35.5 Å². The zero-order chi connectivity index (χ0) is 21.1. The number of nitrogens with two attached hydrogens (primary N) is 1. The zero-order valence-electron chi connectivity index (χ0n) is 15.4. The Labute approximate surface area is 159 Å². The molecule has 154 valence electrons. The van der Waals surface area contributed by atoms with Crippen molar-refractivity contribution in [1.82, 2.24) is 4.90 Å². The lowest BCUT2D eigenvalue weighted by Crippen LogP contribution is -2.50. The van der Waals surface area contributed by atoms with Crippen molar-refractivity contribution < 1.29 is 32.3 Å². The van der Waals surface area contributed by atoms with Crippen molar-refractivity contribution in [3.63, 3.8) is 0 Å². The highest BCUT2D eigenvalue weighted by atomic mass is 19.4. The largest absolute Gasteiger partial charge is 0.418 e. The van der Waals surface area contributed by atoms with Crippen LogP contribution in [0.4, 0.5) is 24.5 Å². The van der Waals surface area contributed by atoms with Gasteiger partial charge >= 0.3 is 6.18 Å². The molecule has 1 fully saturated rings. The van der Waals surface area contributed by atoms with Crippen LogP contribution in [0.5, 0.6) is 0 Å². The van der Waals surface area contributed by atoms with Gasteiger partial charge in [-0.2, -0.15) is 13.2 Å². The molecule has 1 saturated heterocycles. The van der Waals surface area contributed by atoms with Crippen LogP contribution in [0.3, 0.4) is 0 Å². The Balaban J connectivity index is 2.35. The normalized spacial score (nSPS) is 16.2. The number of carbonyl (C=O) groups excluding carboxylic acids is 3. The lowest BCUT2D eigenvalue weighted by atomic mass is 10.1. The number of halogens is 3. The number of hydrogen-bond acceptors (Lipinski definition) is 5. The summed E-state index contributed by atoms with van der Waals surface area (Å²) in [5.74, 6) is -2.36. The molecule has 1 aromatic carbocycles. The maximum Gasteiger partial charge on any atom is 0.418 e. The molecule has 0 radical (unpaired) electrons. The molecule has 1 aliphatic rings. The Hall–Kier alpha value is -2.66. The summed E-state index contributed by atoms with van der Waals surface area (Å²) in [5.41, 5.74) is 3.65. The Morgan fingerprint density at radius 3 is 2.61 bits per heavy atom. The van der Waals surface area contributed by atoms with E-state index in [1.165, 1.54) is 18.0 Å². The maximum absolute atomic E-state index is 13.6. The molecule has 3 N–H and O–H groups in total. The van der Waals surface area contributed by atoms with Crippen LogP contribution in [0.2, 0.25) is 0 Å². The Morgan fingerprint density at radius 2 is 2.07 bits per heavy atom. The Kier molecular flexibility index (Phi) is 6.62. The molecule has 0 bridgehead atoms. The number of alkyl halides is 3. The second-order valence-corrected chi connectivity index (χ2v) is 6.20. The first-order valence-electron chi connectivity index (χ1n) is 8.46. The molecule has 0 aliphatic carbocycles. The van der Waals surface area contributed by atoms with Gasteiger partial charge in [-0.05, 0) is 31.8 Å². The van der Waals surface area contributed by atoms with E-state index in [-0.39, 0.29) is 31.1 Å². The average Bonchev–Trinajstić information content (AvgIpc) is 2.61. The van der Waals surface area contributed by atoms with Gasteiger partial charge in [-0.25, -0.2) is 0 Å². The second kappa shape index (κ2) is 8.57. The summed E-state index contributed by atoms with van der Waals surface area (Å²) in [6.07, 6.45) is -4.77.